The molecule has 132 valence electrons. The summed E-state index contributed by atoms with van der Waals surface area (Å²) in [6, 6.07) is 15.8. The summed E-state index contributed by atoms with van der Waals surface area (Å²) in [5.74, 6) is 1.34. The van der Waals surface area contributed by atoms with E-state index in [0.717, 1.165) is 23.3 Å². The Morgan fingerprint density at radius 2 is 1.92 bits per heavy atom. The molecule has 0 aromatic heterocycles. The number of rotatable bonds is 5. The van der Waals surface area contributed by atoms with Crippen molar-refractivity contribution >= 4 is 5.91 Å². The van der Waals surface area contributed by atoms with Crippen LogP contribution in [0.1, 0.15) is 37.9 Å². The third-order valence-corrected chi connectivity index (χ3v) is 4.66. The minimum Gasteiger partial charge on any atom is -0.483 e. The van der Waals surface area contributed by atoms with Gasteiger partial charge in [-0.15, -0.1) is 0 Å². The minimum atomic E-state index is -0.232. The van der Waals surface area contributed by atoms with E-state index in [2.05, 4.69) is 13.8 Å². The van der Waals surface area contributed by atoms with Crippen molar-refractivity contribution in [1.29, 1.82) is 0 Å². The Balaban J connectivity index is 1.65. The van der Waals surface area contributed by atoms with Crippen LogP contribution in [-0.4, -0.2) is 30.1 Å². The van der Waals surface area contributed by atoms with Gasteiger partial charge >= 0.3 is 0 Å². The van der Waals surface area contributed by atoms with Gasteiger partial charge < -0.3 is 14.4 Å². The molecule has 0 radical (unpaired) electrons. The van der Waals surface area contributed by atoms with E-state index in [0.29, 0.717) is 5.75 Å². The molecule has 0 aliphatic carbocycles. The molecule has 2 aromatic carbocycles. The van der Waals surface area contributed by atoms with E-state index in [4.69, 9.17) is 9.47 Å². The second-order valence-electron chi connectivity index (χ2n) is 7.16. The van der Waals surface area contributed by atoms with Crippen molar-refractivity contribution in [2.24, 2.45) is 0 Å². The zero-order valence-corrected chi connectivity index (χ0v) is 15.3. The first-order chi connectivity index (χ1) is 11.9. The number of fused-ring (bicyclic) bond motifs is 1. The zero-order valence-electron chi connectivity index (χ0n) is 15.3. The number of hydrogen-bond donors (Lipinski definition) is 0. The molecular formula is C21H25NO3. The maximum absolute atomic E-state index is 12.5. The second-order valence-corrected chi connectivity index (χ2v) is 7.16. The molecule has 1 unspecified atom stereocenters. The van der Waals surface area contributed by atoms with Crippen molar-refractivity contribution in [1.82, 2.24) is 4.90 Å². The Labute approximate surface area is 149 Å². The van der Waals surface area contributed by atoms with Gasteiger partial charge in [-0.1, -0.05) is 42.5 Å². The van der Waals surface area contributed by atoms with E-state index in [1.165, 1.54) is 0 Å². The molecule has 0 saturated heterocycles. The van der Waals surface area contributed by atoms with Crippen molar-refractivity contribution in [2.45, 2.75) is 38.8 Å². The summed E-state index contributed by atoms with van der Waals surface area (Å²) in [6.45, 7) is 6.11. The van der Waals surface area contributed by atoms with Gasteiger partial charge in [0.25, 0.3) is 5.91 Å². The summed E-state index contributed by atoms with van der Waals surface area (Å²) in [4.78, 5) is 14.2. The zero-order chi connectivity index (χ0) is 18.0. The average molecular weight is 339 g/mol. The third kappa shape index (κ3) is 3.78. The molecule has 2 aromatic rings. The highest BCUT2D eigenvalue weighted by Crippen LogP contribution is 2.41. The van der Waals surface area contributed by atoms with E-state index < -0.39 is 0 Å². The Morgan fingerprint density at radius 3 is 2.64 bits per heavy atom. The number of likely N-dealkylation sites (N-methyl/N-ethyl adjacent to an activating group) is 1. The highest BCUT2D eigenvalue weighted by atomic mass is 16.5. The van der Waals surface area contributed by atoms with Gasteiger partial charge in [0.1, 0.15) is 5.60 Å². The van der Waals surface area contributed by atoms with E-state index in [1.807, 2.05) is 55.5 Å². The van der Waals surface area contributed by atoms with Crippen LogP contribution >= 0.6 is 0 Å². The Bertz CT molecular complexity index is 755. The van der Waals surface area contributed by atoms with Crippen LogP contribution in [0.4, 0.5) is 0 Å². The molecule has 0 bridgehead atoms. The molecule has 1 amide bonds. The fourth-order valence-electron chi connectivity index (χ4n) is 3.11. The number of ether oxygens (including phenoxy) is 2. The molecule has 3 rings (SSSR count). The van der Waals surface area contributed by atoms with Crippen molar-refractivity contribution in [3.8, 4) is 11.5 Å². The van der Waals surface area contributed by atoms with Crippen LogP contribution in [0.3, 0.4) is 0 Å². The quantitative estimate of drug-likeness (QED) is 0.826. The summed E-state index contributed by atoms with van der Waals surface area (Å²) in [5, 5.41) is 0. The maximum atomic E-state index is 12.5. The Morgan fingerprint density at radius 1 is 1.20 bits per heavy atom. The number of carbonyl (C=O) groups excluding carboxylic acids is 1. The molecule has 0 saturated carbocycles. The van der Waals surface area contributed by atoms with Crippen LogP contribution in [0.2, 0.25) is 0 Å². The first-order valence-electron chi connectivity index (χ1n) is 8.62. The van der Waals surface area contributed by atoms with Crippen molar-refractivity contribution in [2.75, 3.05) is 13.7 Å². The topological polar surface area (TPSA) is 38.8 Å². The predicted molar refractivity (Wildman–Crippen MR) is 98.0 cm³/mol. The molecule has 4 nitrogen and oxygen atoms in total. The van der Waals surface area contributed by atoms with Crippen molar-refractivity contribution in [3.05, 3.63) is 59.7 Å². The fourth-order valence-corrected chi connectivity index (χ4v) is 3.11. The van der Waals surface area contributed by atoms with Crippen LogP contribution in [0.15, 0.2) is 48.5 Å². The lowest BCUT2D eigenvalue weighted by Gasteiger charge is -2.25. The van der Waals surface area contributed by atoms with Gasteiger partial charge in [-0.2, -0.15) is 0 Å². The second kappa shape index (κ2) is 6.79. The lowest BCUT2D eigenvalue weighted by molar-refractivity contribution is -0.134. The lowest BCUT2D eigenvalue weighted by Crippen LogP contribution is -2.33. The van der Waals surface area contributed by atoms with Crippen LogP contribution in [0, 0.1) is 0 Å². The molecule has 0 fully saturated rings. The van der Waals surface area contributed by atoms with E-state index >= 15 is 0 Å². The molecule has 25 heavy (non-hydrogen) atoms. The first-order valence-corrected chi connectivity index (χ1v) is 8.62. The largest absolute Gasteiger partial charge is 0.483 e. The fraction of sp³-hybridized carbons (Fsp3) is 0.381. The summed E-state index contributed by atoms with van der Waals surface area (Å²) < 4.78 is 11.8. The van der Waals surface area contributed by atoms with Crippen molar-refractivity contribution in [3.63, 3.8) is 0 Å². The number of carbonyl (C=O) groups is 1. The molecule has 1 aliphatic rings. The monoisotopic (exact) mass is 339 g/mol. The summed E-state index contributed by atoms with van der Waals surface area (Å²) in [5.41, 5.74) is 2.00. The summed E-state index contributed by atoms with van der Waals surface area (Å²) >= 11 is 0. The van der Waals surface area contributed by atoms with Crippen LogP contribution < -0.4 is 9.47 Å². The number of para-hydroxylation sites is 1. The smallest absolute Gasteiger partial charge is 0.260 e. The van der Waals surface area contributed by atoms with Crippen LogP contribution in [0.25, 0.3) is 0 Å². The average Bonchev–Trinajstić information content (AvgIpc) is 2.93. The van der Waals surface area contributed by atoms with Gasteiger partial charge in [-0.05, 0) is 32.4 Å². The summed E-state index contributed by atoms with van der Waals surface area (Å²) in [6.07, 6.45) is 0.846. The molecule has 0 N–H and O–H groups in total. The number of benzene rings is 2. The standard InChI is InChI=1S/C21H25NO3/c1-15(16-9-6-5-7-10-16)22(4)19(23)14-24-18-12-8-11-17-13-21(2,3)25-20(17)18/h5-12,15H,13-14H2,1-4H3. The van der Waals surface area contributed by atoms with Gasteiger partial charge in [-0.25, -0.2) is 0 Å². The SMILES string of the molecule is CC(c1ccccc1)N(C)C(=O)COc1cccc2c1OC(C)(C)C2. The van der Waals surface area contributed by atoms with E-state index in [-0.39, 0.29) is 24.2 Å². The van der Waals surface area contributed by atoms with Gasteiger partial charge in [0.2, 0.25) is 0 Å². The van der Waals surface area contributed by atoms with Gasteiger partial charge in [0.15, 0.2) is 18.1 Å². The Kier molecular flexibility index (Phi) is 4.71. The van der Waals surface area contributed by atoms with E-state index in [1.54, 1.807) is 11.9 Å². The number of hydrogen-bond acceptors (Lipinski definition) is 3. The first kappa shape index (κ1) is 17.3. The van der Waals surface area contributed by atoms with Gasteiger partial charge in [0, 0.05) is 19.0 Å². The molecular weight excluding hydrogens is 314 g/mol. The third-order valence-electron chi connectivity index (χ3n) is 4.66. The number of nitrogens with zero attached hydrogens (tertiary/aromatic N) is 1. The predicted octanol–water partition coefficient (Wildman–Crippen LogP) is 4.00. The normalized spacial score (nSPS) is 15.8. The molecule has 1 aliphatic heterocycles. The lowest BCUT2D eigenvalue weighted by atomic mass is 10.0. The highest BCUT2D eigenvalue weighted by molar-refractivity contribution is 5.78. The maximum Gasteiger partial charge on any atom is 0.260 e. The number of amides is 1. The molecule has 0 spiro atoms. The highest BCUT2D eigenvalue weighted by Gasteiger charge is 2.32. The van der Waals surface area contributed by atoms with Gasteiger partial charge in [-0.3, -0.25) is 4.79 Å². The van der Waals surface area contributed by atoms with Crippen LogP contribution in [-0.2, 0) is 11.2 Å². The molecule has 4 heteroatoms. The van der Waals surface area contributed by atoms with Gasteiger partial charge in [0.05, 0.1) is 6.04 Å². The summed E-state index contributed by atoms with van der Waals surface area (Å²) in [7, 11) is 1.80. The van der Waals surface area contributed by atoms with Crippen LogP contribution in [0.5, 0.6) is 11.5 Å². The van der Waals surface area contributed by atoms with Crippen molar-refractivity contribution < 1.29 is 14.3 Å². The van der Waals surface area contributed by atoms with E-state index in [9.17, 15) is 4.79 Å². The molecule has 1 atom stereocenters. The minimum absolute atomic E-state index is 0.00558. The molecule has 1 heterocycles. The Hall–Kier alpha value is -2.49.